The summed E-state index contributed by atoms with van der Waals surface area (Å²) in [5.74, 6) is -0.231. The van der Waals surface area contributed by atoms with Crippen molar-refractivity contribution in [1.29, 1.82) is 0 Å². The number of aryl methyl sites for hydroxylation is 2. The molecule has 0 spiro atoms. The molecule has 3 aromatic rings. The molecule has 7 nitrogen and oxygen atoms in total. The maximum Gasteiger partial charge on any atom is 0.416 e. The van der Waals surface area contributed by atoms with Crippen LogP contribution in [0.4, 0.5) is 27.2 Å². The summed E-state index contributed by atoms with van der Waals surface area (Å²) in [7, 11) is 1.46. The molecule has 0 saturated carbocycles. The minimum atomic E-state index is -4.54. The van der Waals surface area contributed by atoms with E-state index in [4.69, 9.17) is 14.2 Å². The highest BCUT2D eigenvalue weighted by Gasteiger charge is 2.41. The van der Waals surface area contributed by atoms with E-state index in [0.29, 0.717) is 48.4 Å². The van der Waals surface area contributed by atoms with E-state index in [0.717, 1.165) is 28.8 Å². The van der Waals surface area contributed by atoms with E-state index >= 15 is 4.39 Å². The van der Waals surface area contributed by atoms with E-state index in [-0.39, 0.29) is 24.1 Å². The fourth-order valence-electron chi connectivity index (χ4n) is 6.56. The molecule has 258 valence electrons. The van der Waals surface area contributed by atoms with Crippen molar-refractivity contribution in [2.75, 3.05) is 20.2 Å². The van der Waals surface area contributed by atoms with Crippen molar-refractivity contribution in [1.82, 2.24) is 9.80 Å². The molecule has 5 rings (SSSR count). The van der Waals surface area contributed by atoms with E-state index < -0.39 is 41.4 Å². The standard InChI is InChI=1S/C37H42F4N2O5/c1-21-8-9-28(26(14-21)20-43-23(3)33(47-35(43)45)25-15-22(2)16-27(17-25)37(39,40)41)30-18-29(31(38)19-32(30)46-7)24-10-12-42(13-11-24)34(44)48-36(4,5)6/h8-9,14-19,23-24,33H,10-13,20H2,1-7H3/t23-,33-/m0/s1. The topological polar surface area (TPSA) is 68.3 Å². The van der Waals surface area contributed by atoms with Gasteiger partial charge in [0.1, 0.15) is 23.3 Å². The number of rotatable bonds is 6. The van der Waals surface area contributed by atoms with Crippen molar-refractivity contribution in [3.05, 3.63) is 87.7 Å². The number of likely N-dealkylation sites (tertiary alicyclic amines) is 1. The fraction of sp³-hybridized carbons (Fsp3) is 0.459. The van der Waals surface area contributed by atoms with Crippen molar-refractivity contribution < 1.29 is 41.4 Å². The number of piperidine rings is 1. The summed E-state index contributed by atoms with van der Waals surface area (Å²) in [5.41, 5.74) is 2.83. The average molecular weight is 671 g/mol. The first-order valence-electron chi connectivity index (χ1n) is 16.1. The summed E-state index contributed by atoms with van der Waals surface area (Å²) in [6, 6.07) is 12.0. The molecule has 2 aliphatic heterocycles. The summed E-state index contributed by atoms with van der Waals surface area (Å²) in [6.45, 7) is 11.6. The van der Waals surface area contributed by atoms with Crippen LogP contribution >= 0.6 is 0 Å². The molecule has 0 aliphatic carbocycles. The molecule has 0 unspecified atom stereocenters. The molecule has 3 aromatic carbocycles. The second kappa shape index (κ2) is 13.3. The Hall–Kier alpha value is -4.28. The zero-order valence-electron chi connectivity index (χ0n) is 28.3. The van der Waals surface area contributed by atoms with Crippen LogP contribution in [0.15, 0.2) is 48.5 Å². The number of alkyl halides is 3. The van der Waals surface area contributed by atoms with Crippen LogP contribution in [0.5, 0.6) is 5.75 Å². The van der Waals surface area contributed by atoms with Crippen LogP contribution in [0, 0.1) is 19.7 Å². The monoisotopic (exact) mass is 670 g/mol. The van der Waals surface area contributed by atoms with Gasteiger partial charge in [-0.25, -0.2) is 14.0 Å². The molecular weight excluding hydrogens is 628 g/mol. The van der Waals surface area contributed by atoms with Crippen molar-refractivity contribution in [3.8, 4) is 16.9 Å². The van der Waals surface area contributed by atoms with Crippen LogP contribution in [0.1, 0.15) is 85.9 Å². The Morgan fingerprint density at radius 2 is 1.65 bits per heavy atom. The molecule has 48 heavy (non-hydrogen) atoms. The minimum absolute atomic E-state index is 0.107. The number of halogens is 4. The third-order valence-corrected chi connectivity index (χ3v) is 8.94. The number of ether oxygens (including phenoxy) is 3. The lowest BCUT2D eigenvalue weighted by Crippen LogP contribution is -2.41. The number of carbonyl (C=O) groups excluding carboxylic acids is 2. The number of methoxy groups -OCH3 is 1. The van der Waals surface area contributed by atoms with Gasteiger partial charge >= 0.3 is 18.4 Å². The fourth-order valence-corrected chi connectivity index (χ4v) is 6.56. The van der Waals surface area contributed by atoms with Crippen LogP contribution in [-0.2, 0) is 22.2 Å². The van der Waals surface area contributed by atoms with Gasteiger partial charge in [-0.3, -0.25) is 4.90 Å². The highest BCUT2D eigenvalue weighted by molar-refractivity contribution is 5.76. The predicted molar refractivity (Wildman–Crippen MR) is 173 cm³/mol. The predicted octanol–water partition coefficient (Wildman–Crippen LogP) is 9.33. The number of cyclic esters (lactones) is 1. The number of hydrogen-bond acceptors (Lipinski definition) is 5. The Kier molecular flexibility index (Phi) is 9.72. The molecule has 2 heterocycles. The normalized spacial score (nSPS) is 19.0. The van der Waals surface area contributed by atoms with Gasteiger partial charge in [0.2, 0.25) is 0 Å². The molecular formula is C37H42F4N2O5. The Morgan fingerprint density at radius 3 is 2.27 bits per heavy atom. The third kappa shape index (κ3) is 7.55. The zero-order chi connectivity index (χ0) is 35.1. The molecule has 2 atom stereocenters. The molecule has 2 amide bonds. The molecule has 2 aliphatic rings. The largest absolute Gasteiger partial charge is 0.496 e. The minimum Gasteiger partial charge on any atom is -0.496 e. The van der Waals surface area contributed by atoms with Gasteiger partial charge in [-0.05, 0) is 101 Å². The van der Waals surface area contributed by atoms with Crippen molar-refractivity contribution in [3.63, 3.8) is 0 Å². The second-order valence-electron chi connectivity index (χ2n) is 13.8. The van der Waals surface area contributed by atoms with E-state index in [9.17, 15) is 22.8 Å². The summed E-state index contributed by atoms with van der Waals surface area (Å²) in [4.78, 5) is 29.0. The highest BCUT2D eigenvalue weighted by atomic mass is 19.4. The van der Waals surface area contributed by atoms with Crippen molar-refractivity contribution >= 4 is 12.2 Å². The second-order valence-corrected chi connectivity index (χ2v) is 13.8. The van der Waals surface area contributed by atoms with Gasteiger partial charge in [-0.15, -0.1) is 0 Å². The molecule has 0 bridgehead atoms. The van der Waals surface area contributed by atoms with Gasteiger partial charge in [0, 0.05) is 24.7 Å². The smallest absolute Gasteiger partial charge is 0.416 e. The molecule has 2 saturated heterocycles. The number of nitrogens with zero attached hydrogens (tertiary/aromatic N) is 2. The first-order chi connectivity index (χ1) is 22.4. The van der Waals surface area contributed by atoms with Crippen molar-refractivity contribution in [2.45, 2.75) is 90.8 Å². The lowest BCUT2D eigenvalue weighted by Gasteiger charge is -2.34. The molecule has 11 heteroatoms. The maximum atomic E-state index is 15.6. The lowest BCUT2D eigenvalue weighted by atomic mass is 9.86. The van der Waals surface area contributed by atoms with Gasteiger partial charge in [-0.1, -0.05) is 35.4 Å². The number of amides is 2. The van der Waals surface area contributed by atoms with Gasteiger partial charge in [0.25, 0.3) is 0 Å². The Bertz CT molecular complexity index is 1690. The zero-order valence-corrected chi connectivity index (χ0v) is 28.3. The van der Waals surface area contributed by atoms with Crippen LogP contribution in [0.3, 0.4) is 0 Å². The maximum absolute atomic E-state index is 15.6. The number of hydrogen-bond donors (Lipinski definition) is 0. The quantitative estimate of drug-likeness (QED) is 0.245. The Morgan fingerprint density at radius 1 is 0.958 bits per heavy atom. The summed E-state index contributed by atoms with van der Waals surface area (Å²) < 4.78 is 73.1. The molecule has 0 N–H and O–H groups in total. The van der Waals surface area contributed by atoms with Crippen LogP contribution in [-0.4, -0.2) is 53.8 Å². The SMILES string of the molecule is COc1cc(F)c(C2CCN(C(=O)OC(C)(C)C)CC2)cc1-c1ccc(C)cc1CN1C(=O)O[C@H](c2cc(C)cc(C(F)(F)F)c2)[C@@H]1C. The van der Waals surface area contributed by atoms with E-state index in [1.807, 2.05) is 45.9 Å². The first kappa shape index (κ1) is 35.0. The molecule has 0 radical (unpaired) electrons. The summed E-state index contributed by atoms with van der Waals surface area (Å²) >= 11 is 0. The number of carbonyl (C=O) groups is 2. The van der Waals surface area contributed by atoms with Crippen LogP contribution < -0.4 is 4.74 Å². The Balaban J connectivity index is 1.43. The summed E-state index contributed by atoms with van der Waals surface area (Å²) in [5, 5.41) is 0. The van der Waals surface area contributed by atoms with Gasteiger partial charge in [-0.2, -0.15) is 13.2 Å². The van der Waals surface area contributed by atoms with Crippen LogP contribution in [0.2, 0.25) is 0 Å². The Labute approximate surface area is 278 Å². The van der Waals surface area contributed by atoms with Gasteiger partial charge < -0.3 is 19.1 Å². The summed E-state index contributed by atoms with van der Waals surface area (Å²) in [6.07, 6.45) is -5.36. The number of benzene rings is 3. The highest BCUT2D eigenvalue weighted by Crippen LogP contribution is 2.42. The van der Waals surface area contributed by atoms with Crippen molar-refractivity contribution in [2.24, 2.45) is 0 Å². The average Bonchev–Trinajstić information content (AvgIpc) is 3.28. The third-order valence-electron chi connectivity index (χ3n) is 8.94. The first-order valence-corrected chi connectivity index (χ1v) is 16.1. The van der Waals surface area contributed by atoms with E-state index in [2.05, 4.69) is 0 Å². The van der Waals surface area contributed by atoms with E-state index in [1.165, 1.54) is 18.1 Å². The molecule has 2 fully saturated rings. The molecule has 0 aromatic heterocycles. The van der Waals surface area contributed by atoms with E-state index in [1.54, 1.807) is 30.9 Å². The van der Waals surface area contributed by atoms with Crippen LogP contribution in [0.25, 0.3) is 11.1 Å². The van der Waals surface area contributed by atoms with Gasteiger partial charge in [0.15, 0.2) is 0 Å². The lowest BCUT2D eigenvalue weighted by molar-refractivity contribution is -0.137. The van der Waals surface area contributed by atoms with Gasteiger partial charge in [0.05, 0.1) is 25.3 Å².